The van der Waals surface area contributed by atoms with Crippen molar-refractivity contribution in [1.29, 1.82) is 0 Å². The number of esters is 1. The second-order valence-electron chi connectivity index (χ2n) is 5.55. The van der Waals surface area contributed by atoms with Gasteiger partial charge in [-0.3, -0.25) is 4.79 Å². The second kappa shape index (κ2) is 9.53. The van der Waals surface area contributed by atoms with E-state index in [9.17, 15) is 14.0 Å². The number of carbonyl (C=O) groups excluding carboxylic acids is 2. The molecule has 2 aromatic rings. The van der Waals surface area contributed by atoms with Gasteiger partial charge in [0, 0.05) is 24.3 Å². The minimum absolute atomic E-state index is 0.00202. The van der Waals surface area contributed by atoms with E-state index < -0.39 is 23.8 Å². The van der Waals surface area contributed by atoms with Crippen molar-refractivity contribution in [3.05, 3.63) is 65.5 Å². The van der Waals surface area contributed by atoms with Crippen molar-refractivity contribution in [2.75, 3.05) is 18.5 Å². The van der Waals surface area contributed by atoms with Gasteiger partial charge in [-0.1, -0.05) is 30.3 Å². The fraction of sp³-hybridized carbons (Fsp3) is 0.263. The van der Waals surface area contributed by atoms with Gasteiger partial charge in [-0.25, -0.2) is 9.18 Å². The molecule has 7 heteroatoms. The monoisotopic (exact) mass is 360 g/mol. The van der Waals surface area contributed by atoms with E-state index in [1.54, 1.807) is 42.5 Å². The first kappa shape index (κ1) is 19.4. The summed E-state index contributed by atoms with van der Waals surface area (Å²) in [7, 11) is 0. The number of halogens is 1. The Kier molecular flexibility index (Phi) is 7.11. The molecule has 0 spiro atoms. The summed E-state index contributed by atoms with van der Waals surface area (Å²) in [6, 6.07) is 12.8. The normalized spacial score (nSPS) is 11.5. The third kappa shape index (κ3) is 5.29. The van der Waals surface area contributed by atoms with Gasteiger partial charge in [-0.05, 0) is 25.1 Å². The molecule has 2 aromatic carbocycles. The molecular weight excluding hydrogens is 339 g/mol. The average molecular weight is 360 g/mol. The Morgan fingerprint density at radius 1 is 1.15 bits per heavy atom. The van der Waals surface area contributed by atoms with Crippen LogP contribution in [0.2, 0.25) is 0 Å². The molecular formula is C19H21FN2O4. The number of aliphatic hydroxyl groups excluding tert-OH is 1. The van der Waals surface area contributed by atoms with Gasteiger partial charge < -0.3 is 20.5 Å². The lowest BCUT2D eigenvalue weighted by Crippen LogP contribution is -2.35. The number of benzene rings is 2. The lowest BCUT2D eigenvalue weighted by atomic mass is 10.1. The van der Waals surface area contributed by atoms with Crippen LogP contribution in [0.4, 0.5) is 10.1 Å². The maximum Gasteiger partial charge on any atom is 0.341 e. The van der Waals surface area contributed by atoms with Crippen LogP contribution < -0.4 is 10.6 Å². The predicted molar refractivity (Wildman–Crippen MR) is 95.1 cm³/mol. The first-order chi connectivity index (χ1) is 12.5. The smallest absolute Gasteiger partial charge is 0.341 e. The summed E-state index contributed by atoms with van der Waals surface area (Å²) >= 11 is 0. The number of aliphatic hydroxyl groups is 1. The molecule has 6 nitrogen and oxygen atoms in total. The lowest BCUT2D eigenvalue weighted by molar-refractivity contribution is -0.129. The van der Waals surface area contributed by atoms with E-state index in [1.165, 1.54) is 13.0 Å². The Bertz CT molecular complexity index is 767. The maximum absolute atomic E-state index is 13.6. The topological polar surface area (TPSA) is 87.7 Å². The number of rotatable bonds is 8. The van der Waals surface area contributed by atoms with Crippen molar-refractivity contribution >= 4 is 17.6 Å². The zero-order chi connectivity index (χ0) is 18.9. The SMILES string of the molecule is CC(OC(=O)c1ccccc1NCCO)C(=O)NCc1ccccc1F. The first-order valence-electron chi connectivity index (χ1n) is 8.18. The van der Waals surface area contributed by atoms with Crippen molar-refractivity contribution in [1.82, 2.24) is 5.32 Å². The number of amides is 1. The predicted octanol–water partition coefficient (Wildman–Crippen LogP) is 2.09. The molecule has 0 aliphatic rings. The van der Waals surface area contributed by atoms with Crippen molar-refractivity contribution in [2.24, 2.45) is 0 Å². The number of carbonyl (C=O) groups is 2. The molecule has 1 atom stereocenters. The Hall–Kier alpha value is -2.93. The van der Waals surface area contributed by atoms with Gasteiger partial charge in [0.15, 0.2) is 6.10 Å². The summed E-state index contributed by atoms with van der Waals surface area (Å²) in [6.45, 7) is 1.64. The quantitative estimate of drug-likeness (QED) is 0.628. The van der Waals surface area contributed by atoms with Gasteiger partial charge in [-0.2, -0.15) is 0 Å². The van der Waals surface area contributed by atoms with E-state index in [0.29, 0.717) is 11.3 Å². The molecule has 1 amide bonds. The zero-order valence-electron chi connectivity index (χ0n) is 14.4. The van der Waals surface area contributed by atoms with Gasteiger partial charge in [0.1, 0.15) is 5.82 Å². The van der Waals surface area contributed by atoms with Gasteiger partial charge in [0.25, 0.3) is 5.91 Å². The van der Waals surface area contributed by atoms with Crippen LogP contribution in [0.15, 0.2) is 48.5 Å². The third-order valence-corrected chi connectivity index (χ3v) is 3.64. The van der Waals surface area contributed by atoms with Gasteiger partial charge in [0.05, 0.1) is 12.2 Å². The summed E-state index contributed by atoms with van der Waals surface area (Å²) in [5.74, 6) is -1.61. The molecule has 3 N–H and O–H groups in total. The van der Waals surface area contributed by atoms with Crippen LogP contribution in [-0.2, 0) is 16.1 Å². The summed E-state index contributed by atoms with van der Waals surface area (Å²) in [5, 5.41) is 14.3. The highest BCUT2D eigenvalue weighted by atomic mass is 19.1. The number of anilines is 1. The molecule has 0 saturated heterocycles. The summed E-state index contributed by atoms with van der Waals surface area (Å²) in [4.78, 5) is 24.4. The molecule has 0 heterocycles. The average Bonchev–Trinajstić information content (AvgIpc) is 2.65. The highest BCUT2D eigenvalue weighted by Gasteiger charge is 2.20. The molecule has 138 valence electrons. The van der Waals surface area contributed by atoms with Crippen molar-refractivity contribution in [3.63, 3.8) is 0 Å². The van der Waals surface area contributed by atoms with E-state index in [-0.39, 0.29) is 25.3 Å². The molecule has 0 fully saturated rings. The van der Waals surface area contributed by atoms with Crippen molar-refractivity contribution in [3.8, 4) is 0 Å². The van der Waals surface area contributed by atoms with Crippen LogP contribution in [0.5, 0.6) is 0 Å². The number of nitrogens with one attached hydrogen (secondary N) is 2. The lowest BCUT2D eigenvalue weighted by Gasteiger charge is -2.15. The number of ether oxygens (including phenoxy) is 1. The van der Waals surface area contributed by atoms with Crippen molar-refractivity contribution in [2.45, 2.75) is 19.6 Å². The largest absolute Gasteiger partial charge is 0.449 e. The van der Waals surface area contributed by atoms with E-state index in [0.717, 1.165) is 0 Å². The van der Waals surface area contributed by atoms with Gasteiger partial charge in [-0.15, -0.1) is 0 Å². The van der Waals surface area contributed by atoms with Gasteiger partial charge >= 0.3 is 5.97 Å². The van der Waals surface area contributed by atoms with Crippen LogP contribution in [0.1, 0.15) is 22.8 Å². The Morgan fingerprint density at radius 3 is 2.58 bits per heavy atom. The molecule has 0 aliphatic heterocycles. The van der Waals surface area contributed by atoms with Crippen LogP contribution in [0, 0.1) is 5.82 Å². The standard InChI is InChI=1S/C19H21FN2O4/c1-13(18(24)22-12-14-6-2-4-8-16(14)20)26-19(25)15-7-3-5-9-17(15)21-10-11-23/h2-9,13,21,23H,10-12H2,1H3,(H,22,24). The molecule has 0 aliphatic carbocycles. The molecule has 0 bridgehead atoms. The number of hydrogen-bond acceptors (Lipinski definition) is 5. The zero-order valence-corrected chi connectivity index (χ0v) is 14.4. The highest BCUT2D eigenvalue weighted by molar-refractivity contribution is 5.97. The van der Waals surface area contributed by atoms with Crippen LogP contribution in [0.3, 0.4) is 0 Å². The first-order valence-corrected chi connectivity index (χ1v) is 8.18. The maximum atomic E-state index is 13.6. The van der Waals surface area contributed by atoms with Crippen molar-refractivity contribution < 1.29 is 23.8 Å². The molecule has 26 heavy (non-hydrogen) atoms. The Labute approximate surface area is 151 Å². The minimum Gasteiger partial charge on any atom is -0.449 e. The van der Waals surface area contributed by atoms with Crippen LogP contribution in [0.25, 0.3) is 0 Å². The summed E-state index contributed by atoms with van der Waals surface area (Å²) < 4.78 is 18.7. The van der Waals surface area contributed by atoms with E-state index >= 15 is 0 Å². The summed E-state index contributed by atoms with van der Waals surface area (Å²) in [6.07, 6.45) is -1.04. The Balaban J connectivity index is 1.94. The molecule has 0 aromatic heterocycles. The fourth-order valence-corrected chi connectivity index (χ4v) is 2.25. The van der Waals surface area contributed by atoms with Crippen LogP contribution >= 0.6 is 0 Å². The number of hydrogen-bond donors (Lipinski definition) is 3. The molecule has 0 saturated carbocycles. The number of para-hydroxylation sites is 1. The van der Waals surface area contributed by atoms with Crippen LogP contribution in [-0.4, -0.2) is 36.2 Å². The Morgan fingerprint density at radius 2 is 1.85 bits per heavy atom. The minimum atomic E-state index is -1.04. The summed E-state index contributed by atoms with van der Waals surface area (Å²) in [5.41, 5.74) is 1.11. The molecule has 1 unspecified atom stereocenters. The van der Waals surface area contributed by atoms with E-state index in [4.69, 9.17) is 9.84 Å². The highest BCUT2D eigenvalue weighted by Crippen LogP contribution is 2.16. The second-order valence-corrected chi connectivity index (χ2v) is 5.55. The fourth-order valence-electron chi connectivity index (χ4n) is 2.25. The van der Waals surface area contributed by atoms with Gasteiger partial charge in [0.2, 0.25) is 0 Å². The molecule has 0 radical (unpaired) electrons. The third-order valence-electron chi connectivity index (χ3n) is 3.64. The van der Waals surface area contributed by atoms with E-state index in [1.807, 2.05) is 0 Å². The molecule has 2 rings (SSSR count). The van der Waals surface area contributed by atoms with E-state index in [2.05, 4.69) is 10.6 Å².